The SMILES string of the molecule is Cc1c(/C=C/CN2CCc3ccccc3C2)cnn1-c1ncccn1.Cl. The Morgan fingerprint density at radius 3 is 2.65 bits per heavy atom. The second kappa shape index (κ2) is 8.25. The Labute approximate surface area is 159 Å². The van der Waals surface area contributed by atoms with Crippen molar-refractivity contribution in [2.75, 3.05) is 13.1 Å². The van der Waals surface area contributed by atoms with Gasteiger partial charge in [-0.05, 0) is 30.5 Å². The molecule has 0 spiro atoms. The van der Waals surface area contributed by atoms with E-state index in [1.165, 1.54) is 11.1 Å². The summed E-state index contributed by atoms with van der Waals surface area (Å²) in [5.74, 6) is 0.604. The number of rotatable bonds is 4. The molecule has 1 aliphatic rings. The number of halogens is 1. The van der Waals surface area contributed by atoms with Crippen LogP contribution in [0.1, 0.15) is 22.4 Å². The number of nitrogens with zero attached hydrogens (tertiary/aromatic N) is 5. The maximum absolute atomic E-state index is 4.41. The first-order valence-corrected chi connectivity index (χ1v) is 8.59. The van der Waals surface area contributed by atoms with E-state index in [-0.39, 0.29) is 12.4 Å². The average Bonchev–Trinajstić information content (AvgIpc) is 3.03. The van der Waals surface area contributed by atoms with Gasteiger partial charge in [-0.3, -0.25) is 4.90 Å². The van der Waals surface area contributed by atoms with Gasteiger partial charge in [0.25, 0.3) is 5.95 Å². The zero-order valence-electron chi connectivity index (χ0n) is 14.7. The molecular formula is C20H22ClN5. The number of fused-ring (bicyclic) bond motifs is 1. The molecule has 0 aliphatic carbocycles. The van der Waals surface area contributed by atoms with Gasteiger partial charge in [0.15, 0.2) is 0 Å². The van der Waals surface area contributed by atoms with Crippen LogP contribution < -0.4 is 0 Å². The first kappa shape index (κ1) is 18.3. The Morgan fingerprint density at radius 2 is 1.85 bits per heavy atom. The van der Waals surface area contributed by atoms with Gasteiger partial charge < -0.3 is 0 Å². The minimum Gasteiger partial charge on any atom is -0.295 e. The molecule has 0 atom stereocenters. The molecule has 3 heterocycles. The molecule has 3 aromatic rings. The summed E-state index contributed by atoms with van der Waals surface area (Å²) < 4.78 is 1.77. The quantitative estimate of drug-likeness (QED) is 0.708. The van der Waals surface area contributed by atoms with Gasteiger partial charge in [0, 0.05) is 37.6 Å². The predicted octanol–water partition coefficient (Wildman–Crippen LogP) is 3.46. The highest BCUT2D eigenvalue weighted by molar-refractivity contribution is 5.85. The first-order chi connectivity index (χ1) is 12.3. The third-order valence-electron chi connectivity index (χ3n) is 4.66. The van der Waals surface area contributed by atoms with Crippen molar-refractivity contribution in [3.63, 3.8) is 0 Å². The molecule has 1 aromatic carbocycles. The van der Waals surface area contributed by atoms with E-state index in [1.807, 2.05) is 13.1 Å². The van der Waals surface area contributed by atoms with Crippen LogP contribution in [0.4, 0.5) is 0 Å². The third-order valence-corrected chi connectivity index (χ3v) is 4.66. The fourth-order valence-electron chi connectivity index (χ4n) is 3.23. The fourth-order valence-corrected chi connectivity index (χ4v) is 3.23. The smallest absolute Gasteiger partial charge is 0.250 e. The van der Waals surface area contributed by atoms with Crippen LogP contribution in [0.3, 0.4) is 0 Å². The van der Waals surface area contributed by atoms with Gasteiger partial charge >= 0.3 is 0 Å². The van der Waals surface area contributed by atoms with Crippen LogP contribution >= 0.6 is 12.4 Å². The molecule has 0 fully saturated rings. The summed E-state index contributed by atoms with van der Waals surface area (Å²) >= 11 is 0. The molecule has 5 nitrogen and oxygen atoms in total. The van der Waals surface area contributed by atoms with Crippen LogP contribution in [-0.2, 0) is 13.0 Å². The van der Waals surface area contributed by atoms with Gasteiger partial charge in [-0.25, -0.2) is 14.6 Å². The first-order valence-electron chi connectivity index (χ1n) is 8.59. The third kappa shape index (κ3) is 3.84. The molecular weight excluding hydrogens is 346 g/mol. The molecule has 0 N–H and O–H groups in total. The number of hydrogen-bond acceptors (Lipinski definition) is 4. The van der Waals surface area contributed by atoms with Crippen LogP contribution in [0.2, 0.25) is 0 Å². The van der Waals surface area contributed by atoms with Crippen molar-refractivity contribution < 1.29 is 0 Å². The molecule has 0 amide bonds. The molecule has 4 rings (SSSR count). The monoisotopic (exact) mass is 367 g/mol. The summed E-state index contributed by atoms with van der Waals surface area (Å²) in [6, 6.07) is 10.5. The van der Waals surface area contributed by atoms with Crippen molar-refractivity contribution in [2.45, 2.75) is 19.9 Å². The summed E-state index contributed by atoms with van der Waals surface area (Å²) in [7, 11) is 0. The maximum atomic E-state index is 4.41. The Balaban J connectivity index is 0.00000196. The van der Waals surface area contributed by atoms with Crippen molar-refractivity contribution in [3.8, 4) is 5.95 Å². The lowest BCUT2D eigenvalue weighted by Gasteiger charge is -2.27. The number of aromatic nitrogens is 4. The molecule has 6 heteroatoms. The van der Waals surface area contributed by atoms with E-state index in [2.05, 4.69) is 56.4 Å². The summed E-state index contributed by atoms with van der Waals surface area (Å²) in [6.07, 6.45) is 10.8. The van der Waals surface area contributed by atoms with Gasteiger partial charge in [-0.2, -0.15) is 5.10 Å². The number of hydrogen-bond donors (Lipinski definition) is 0. The Kier molecular flexibility index (Phi) is 5.81. The highest BCUT2D eigenvalue weighted by Gasteiger charge is 2.14. The molecule has 26 heavy (non-hydrogen) atoms. The molecule has 1 aliphatic heterocycles. The molecule has 0 bridgehead atoms. The van der Waals surface area contributed by atoms with Crippen LogP contribution in [-0.4, -0.2) is 37.7 Å². The van der Waals surface area contributed by atoms with Gasteiger partial charge in [0.2, 0.25) is 0 Å². The van der Waals surface area contributed by atoms with E-state index in [0.29, 0.717) is 5.95 Å². The summed E-state index contributed by atoms with van der Waals surface area (Å²) in [5.41, 5.74) is 5.09. The standard InChI is InChI=1S/C20H21N5.ClH/c1-16-18(14-23-25(16)20-21-10-5-11-22-20)8-4-12-24-13-9-17-6-2-3-7-19(17)15-24;/h2-8,10-11,14H,9,12-13,15H2,1H3;1H/b8-4+;. The highest BCUT2D eigenvalue weighted by atomic mass is 35.5. The largest absolute Gasteiger partial charge is 0.295 e. The van der Waals surface area contributed by atoms with Crippen LogP contribution in [0.25, 0.3) is 12.0 Å². The van der Waals surface area contributed by atoms with Gasteiger partial charge in [0.05, 0.1) is 11.9 Å². The maximum Gasteiger partial charge on any atom is 0.250 e. The molecule has 2 aromatic heterocycles. The van der Waals surface area contributed by atoms with Gasteiger partial charge in [0.1, 0.15) is 0 Å². The second-order valence-corrected chi connectivity index (χ2v) is 6.30. The summed E-state index contributed by atoms with van der Waals surface area (Å²) in [6.45, 7) is 5.12. The van der Waals surface area contributed by atoms with Crippen LogP contribution in [0, 0.1) is 6.92 Å². The van der Waals surface area contributed by atoms with E-state index in [9.17, 15) is 0 Å². The molecule has 134 valence electrons. The Hall–Kier alpha value is -2.50. The minimum absolute atomic E-state index is 0. The molecule has 0 radical (unpaired) electrons. The van der Waals surface area contributed by atoms with E-state index >= 15 is 0 Å². The van der Waals surface area contributed by atoms with Gasteiger partial charge in [-0.15, -0.1) is 12.4 Å². The highest BCUT2D eigenvalue weighted by Crippen LogP contribution is 2.18. The fraction of sp³-hybridized carbons (Fsp3) is 0.250. The van der Waals surface area contributed by atoms with Gasteiger partial charge in [-0.1, -0.05) is 36.4 Å². The topological polar surface area (TPSA) is 46.8 Å². The molecule has 0 unspecified atom stereocenters. The molecule has 0 saturated heterocycles. The Morgan fingerprint density at radius 1 is 1.08 bits per heavy atom. The van der Waals surface area contributed by atoms with Crippen molar-refractivity contribution >= 4 is 18.5 Å². The second-order valence-electron chi connectivity index (χ2n) is 6.30. The van der Waals surface area contributed by atoms with E-state index < -0.39 is 0 Å². The Bertz CT molecular complexity index is 888. The molecule has 0 saturated carbocycles. The van der Waals surface area contributed by atoms with E-state index in [4.69, 9.17) is 0 Å². The lowest BCUT2D eigenvalue weighted by Crippen LogP contribution is -2.30. The average molecular weight is 368 g/mol. The van der Waals surface area contributed by atoms with E-state index in [1.54, 1.807) is 23.1 Å². The van der Waals surface area contributed by atoms with E-state index in [0.717, 1.165) is 37.3 Å². The summed E-state index contributed by atoms with van der Waals surface area (Å²) in [4.78, 5) is 11.0. The van der Waals surface area contributed by atoms with Crippen LogP contribution in [0.5, 0.6) is 0 Å². The zero-order chi connectivity index (χ0) is 17.1. The number of benzene rings is 1. The minimum atomic E-state index is 0. The van der Waals surface area contributed by atoms with Crippen molar-refractivity contribution in [3.05, 3.63) is 77.4 Å². The normalized spacial score (nSPS) is 14.2. The lowest BCUT2D eigenvalue weighted by molar-refractivity contribution is 0.282. The predicted molar refractivity (Wildman–Crippen MR) is 106 cm³/mol. The van der Waals surface area contributed by atoms with Crippen molar-refractivity contribution in [1.29, 1.82) is 0 Å². The lowest BCUT2D eigenvalue weighted by atomic mass is 10.00. The van der Waals surface area contributed by atoms with Crippen LogP contribution in [0.15, 0.2) is 55.0 Å². The van der Waals surface area contributed by atoms with Crippen molar-refractivity contribution in [1.82, 2.24) is 24.6 Å². The zero-order valence-corrected chi connectivity index (χ0v) is 15.6. The van der Waals surface area contributed by atoms with Crippen molar-refractivity contribution in [2.24, 2.45) is 0 Å². The summed E-state index contributed by atoms with van der Waals surface area (Å²) in [5, 5.41) is 4.41.